The maximum absolute atomic E-state index is 12.5. The zero-order valence-electron chi connectivity index (χ0n) is 16.7. The summed E-state index contributed by atoms with van der Waals surface area (Å²) in [4.78, 5) is 13.6. The monoisotopic (exact) mass is 373 g/mol. The first-order valence-electron chi connectivity index (χ1n) is 8.93. The molecule has 0 heterocycles. The normalized spacial score (nSPS) is 12.8. The smallest absolute Gasteiger partial charge is 0.278 e. The van der Waals surface area contributed by atoms with Crippen molar-refractivity contribution in [1.82, 2.24) is 5.32 Å². The first-order chi connectivity index (χ1) is 13.0. The van der Waals surface area contributed by atoms with Crippen LogP contribution in [-0.4, -0.2) is 40.3 Å². The Bertz CT molecular complexity index is 746. The molecule has 27 heavy (non-hydrogen) atoms. The van der Waals surface area contributed by atoms with E-state index in [0.29, 0.717) is 24.6 Å². The SMILES string of the molecule is COc1ccc(CNC(=O)[C@@H](C)[NH+](C)Cc2cccc(OC)c2OC)cc1. The Morgan fingerprint density at radius 1 is 1.04 bits per heavy atom. The van der Waals surface area contributed by atoms with Crippen molar-refractivity contribution in [3.8, 4) is 17.2 Å². The topological polar surface area (TPSA) is 61.2 Å². The lowest BCUT2D eigenvalue weighted by atomic mass is 10.1. The van der Waals surface area contributed by atoms with Crippen LogP contribution in [0.25, 0.3) is 0 Å². The standard InChI is InChI=1S/C21H28N2O4/c1-15(21(24)22-13-16-9-11-18(25-3)12-10-16)23(2)14-17-7-6-8-19(26-4)20(17)27-5/h6-12,15H,13-14H2,1-5H3,(H,22,24)/p+1/t15-/m1/s1. The molecule has 0 aromatic heterocycles. The highest BCUT2D eigenvalue weighted by Crippen LogP contribution is 2.30. The van der Waals surface area contributed by atoms with Gasteiger partial charge in [0.1, 0.15) is 12.3 Å². The second-order valence-electron chi connectivity index (χ2n) is 6.46. The number of rotatable bonds is 9. The number of amides is 1. The molecule has 1 amide bonds. The average Bonchev–Trinajstić information content (AvgIpc) is 2.71. The fourth-order valence-electron chi connectivity index (χ4n) is 2.86. The van der Waals surface area contributed by atoms with Gasteiger partial charge in [-0.15, -0.1) is 0 Å². The predicted molar refractivity (Wildman–Crippen MR) is 104 cm³/mol. The van der Waals surface area contributed by atoms with Gasteiger partial charge in [0.15, 0.2) is 17.5 Å². The number of carbonyl (C=O) groups is 1. The summed E-state index contributed by atoms with van der Waals surface area (Å²) in [5.74, 6) is 2.21. The van der Waals surface area contributed by atoms with Gasteiger partial charge in [-0.2, -0.15) is 0 Å². The second-order valence-corrected chi connectivity index (χ2v) is 6.46. The molecule has 1 unspecified atom stereocenters. The van der Waals surface area contributed by atoms with E-state index in [1.165, 1.54) is 0 Å². The molecule has 2 N–H and O–H groups in total. The summed E-state index contributed by atoms with van der Waals surface area (Å²) < 4.78 is 16.0. The van der Waals surface area contributed by atoms with Crippen LogP contribution in [0, 0.1) is 0 Å². The number of likely N-dealkylation sites (N-methyl/N-ethyl adjacent to an activating group) is 1. The van der Waals surface area contributed by atoms with E-state index in [1.54, 1.807) is 21.3 Å². The van der Waals surface area contributed by atoms with Crippen molar-refractivity contribution in [1.29, 1.82) is 0 Å². The van der Waals surface area contributed by atoms with Crippen LogP contribution in [0.5, 0.6) is 17.2 Å². The third-order valence-electron chi connectivity index (χ3n) is 4.71. The van der Waals surface area contributed by atoms with Gasteiger partial charge in [0.25, 0.3) is 5.91 Å². The maximum atomic E-state index is 12.5. The van der Waals surface area contributed by atoms with Crippen LogP contribution in [-0.2, 0) is 17.9 Å². The average molecular weight is 373 g/mol. The van der Waals surface area contributed by atoms with Gasteiger partial charge in [-0.1, -0.05) is 18.2 Å². The Hall–Kier alpha value is -2.73. The van der Waals surface area contributed by atoms with Gasteiger partial charge < -0.3 is 24.4 Å². The lowest BCUT2D eigenvalue weighted by Crippen LogP contribution is -3.12. The summed E-state index contributed by atoms with van der Waals surface area (Å²) >= 11 is 0. The summed E-state index contributed by atoms with van der Waals surface area (Å²) in [5, 5.41) is 3.00. The number of hydrogen-bond acceptors (Lipinski definition) is 4. The Labute approximate surface area is 161 Å². The molecular weight excluding hydrogens is 344 g/mol. The van der Waals surface area contributed by atoms with Crippen LogP contribution in [0.1, 0.15) is 18.1 Å². The number of para-hydroxylation sites is 1. The molecule has 0 saturated heterocycles. The molecule has 2 atom stereocenters. The van der Waals surface area contributed by atoms with E-state index < -0.39 is 0 Å². The fraction of sp³-hybridized carbons (Fsp3) is 0.381. The number of carbonyl (C=O) groups excluding carboxylic acids is 1. The molecule has 0 aliphatic heterocycles. The van der Waals surface area contributed by atoms with Crippen LogP contribution in [0.15, 0.2) is 42.5 Å². The van der Waals surface area contributed by atoms with Crippen LogP contribution < -0.4 is 24.4 Å². The molecule has 0 bridgehead atoms. The van der Waals surface area contributed by atoms with Gasteiger partial charge in [0.05, 0.1) is 33.9 Å². The molecule has 0 aliphatic rings. The molecule has 0 radical (unpaired) electrons. The van der Waals surface area contributed by atoms with Crippen molar-refractivity contribution in [2.45, 2.75) is 26.1 Å². The largest absolute Gasteiger partial charge is 0.497 e. The molecule has 6 nitrogen and oxygen atoms in total. The number of ether oxygens (including phenoxy) is 3. The number of benzene rings is 2. The summed E-state index contributed by atoms with van der Waals surface area (Å²) in [6.07, 6.45) is 0. The zero-order chi connectivity index (χ0) is 19.8. The number of quaternary nitrogens is 1. The van der Waals surface area contributed by atoms with Gasteiger partial charge in [-0.05, 0) is 36.8 Å². The van der Waals surface area contributed by atoms with E-state index in [-0.39, 0.29) is 11.9 Å². The van der Waals surface area contributed by atoms with Crippen LogP contribution >= 0.6 is 0 Å². The van der Waals surface area contributed by atoms with Crippen molar-refractivity contribution < 1.29 is 23.9 Å². The van der Waals surface area contributed by atoms with E-state index >= 15 is 0 Å². The van der Waals surface area contributed by atoms with Crippen molar-refractivity contribution in [3.05, 3.63) is 53.6 Å². The lowest BCUT2D eigenvalue weighted by molar-refractivity contribution is -0.908. The molecule has 0 aliphatic carbocycles. The van der Waals surface area contributed by atoms with Crippen molar-refractivity contribution >= 4 is 5.91 Å². The van der Waals surface area contributed by atoms with Gasteiger partial charge in [-0.3, -0.25) is 4.79 Å². The van der Waals surface area contributed by atoms with Gasteiger partial charge >= 0.3 is 0 Å². The molecule has 146 valence electrons. The van der Waals surface area contributed by atoms with E-state index in [9.17, 15) is 4.79 Å². The summed E-state index contributed by atoms with van der Waals surface area (Å²) in [5.41, 5.74) is 2.03. The van der Waals surface area contributed by atoms with Gasteiger partial charge in [0.2, 0.25) is 0 Å². The fourth-order valence-corrected chi connectivity index (χ4v) is 2.86. The van der Waals surface area contributed by atoms with Crippen molar-refractivity contribution in [2.75, 3.05) is 28.4 Å². The van der Waals surface area contributed by atoms with E-state index in [1.807, 2.05) is 56.4 Å². The summed E-state index contributed by atoms with van der Waals surface area (Å²) in [6.45, 7) is 3.06. The van der Waals surface area contributed by atoms with Crippen molar-refractivity contribution in [2.24, 2.45) is 0 Å². The third kappa shape index (κ3) is 5.37. The maximum Gasteiger partial charge on any atom is 0.278 e. The molecule has 0 saturated carbocycles. The Morgan fingerprint density at radius 2 is 1.74 bits per heavy atom. The first-order valence-corrected chi connectivity index (χ1v) is 8.93. The highest BCUT2D eigenvalue weighted by atomic mass is 16.5. The highest BCUT2D eigenvalue weighted by molar-refractivity contribution is 5.79. The van der Waals surface area contributed by atoms with Crippen LogP contribution in [0.3, 0.4) is 0 Å². The third-order valence-corrected chi connectivity index (χ3v) is 4.71. The van der Waals surface area contributed by atoms with Crippen LogP contribution in [0.4, 0.5) is 0 Å². The Morgan fingerprint density at radius 3 is 2.33 bits per heavy atom. The van der Waals surface area contributed by atoms with E-state index in [2.05, 4.69) is 5.32 Å². The zero-order valence-corrected chi connectivity index (χ0v) is 16.7. The first kappa shape index (κ1) is 20.6. The minimum atomic E-state index is -0.209. The van der Waals surface area contributed by atoms with Gasteiger partial charge in [-0.25, -0.2) is 0 Å². The molecule has 0 fully saturated rings. The van der Waals surface area contributed by atoms with Crippen molar-refractivity contribution in [3.63, 3.8) is 0 Å². The molecule has 2 aromatic carbocycles. The Kier molecular flexibility index (Phi) is 7.49. The number of methoxy groups -OCH3 is 3. The van der Waals surface area contributed by atoms with E-state index in [0.717, 1.165) is 21.8 Å². The molecule has 2 rings (SSSR count). The number of nitrogens with one attached hydrogen (secondary N) is 2. The molecular formula is C21H29N2O4+. The quantitative estimate of drug-likeness (QED) is 0.698. The lowest BCUT2D eigenvalue weighted by Gasteiger charge is -2.22. The molecule has 0 spiro atoms. The molecule has 2 aromatic rings. The van der Waals surface area contributed by atoms with Crippen LogP contribution in [0.2, 0.25) is 0 Å². The molecule has 6 heteroatoms. The summed E-state index contributed by atoms with van der Waals surface area (Å²) in [7, 11) is 6.88. The second kappa shape index (κ2) is 9.83. The van der Waals surface area contributed by atoms with Gasteiger partial charge in [0, 0.05) is 6.54 Å². The Balaban J connectivity index is 1.95. The van der Waals surface area contributed by atoms with E-state index in [4.69, 9.17) is 14.2 Å². The highest BCUT2D eigenvalue weighted by Gasteiger charge is 2.23. The number of hydrogen-bond donors (Lipinski definition) is 2. The minimum absolute atomic E-state index is 0.00480. The predicted octanol–water partition coefficient (Wildman–Crippen LogP) is 1.43. The summed E-state index contributed by atoms with van der Waals surface area (Å²) in [6, 6.07) is 13.2. The minimum Gasteiger partial charge on any atom is -0.497 e.